The third-order valence-corrected chi connectivity index (χ3v) is 1.94. The molecule has 84 valence electrons. The summed E-state index contributed by atoms with van der Waals surface area (Å²) in [5.74, 6) is 0. The van der Waals surface area contributed by atoms with Crippen LogP contribution in [0.2, 0.25) is 0 Å². The molecule has 0 aromatic rings. The van der Waals surface area contributed by atoms with Gasteiger partial charge in [-0.2, -0.15) is 0 Å². The summed E-state index contributed by atoms with van der Waals surface area (Å²) in [5, 5.41) is 11.5. The fourth-order valence-corrected chi connectivity index (χ4v) is 1.10. The molecular formula is C9H21N3O2. The van der Waals surface area contributed by atoms with Crippen molar-refractivity contribution in [2.24, 2.45) is 5.73 Å². The van der Waals surface area contributed by atoms with Crippen LogP contribution in [0.15, 0.2) is 0 Å². The lowest BCUT2D eigenvalue weighted by atomic mass is 10.3. The van der Waals surface area contributed by atoms with Gasteiger partial charge in [0.15, 0.2) is 0 Å². The third-order valence-electron chi connectivity index (χ3n) is 1.94. The molecule has 14 heavy (non-hydrogen) atoms. The van der Waals surface area contributed by atoms with Crippen molar-refractivity contribution < 1.29 is 9.90 Å². The Balaban J connectivity index is 3.57. The average molecular weight is 203 g/mol. The summed E-state index contributed by atoms with van der Waals surface area (Å²) in [7, 11) is 0. The molecular weight excluding hydrogens is 182 g/mol. The molecule has 0 bridgehead atoms. The summed E-state index contributed by atoms with van der Waals surface area (Å²) in [5.41, 5.74) is 5.20. The molecule has 5 heteroatoms. The second-order valence-corrected chi connectivity index (χ2v) is 3.15. The smallest absolute Gasteiger partial charge is 0.314 e. The molecule has 0 atom stereocenters. The molecule has 0 aromatic heterocycles. The first-order valence-electron chi connectivity index (χ1n) is 5.08. The van der Waals surface area contributed by atoms with Crippen molar-refractivity contribution in [3.8, 4) is 0 Å². The van der Waals surface area contributed by atoms with E-state index in [9.17, 15) is 4.79 Å². The molecule has 0 radical (unpaired) electrons. The molecule has 5 nitrogen and oxygen atoms in total. The predicted octanol–water partition coefficient (Wildman–Crippen LogP) is -0.251. The molecule has 4 N–H and O–H groups in total. The average Bonchev–Trinajstić information content (AvgIpc) is 2.16. The SMILES string of the molecule is CCCCN(CCNCCO)C(N)=O. The van der Waals surface area contributed by atoms with Crippen molar-refractivity contribution in [3.63, 3.8) is 0 Å². The zero-order valence-electron chi connectivity index (χ0n) is 8.83. The number of rotatable bonds is 8. The number of nitrogens with two attached hydrogens (primary N) is 1. The van der Waals surface area contributed by atoms with Crippen molar-refractivity contribution in [2.45, 2.75) is 19.8 Å². The number of aliphatic hydroxyl groups excluding tert-OH is 1. The summed E-state index contributed by atoms with van der Waals surface area (Å²) in [6, 6.07) is -0.371. The minimum Gasteiger partial charge on any atom is -0.395 e. The van der Waals surface area contributed by atoms with Crippen LogP contribution < -0.4 is 11.1 Å². The van der Waals surface area contributed by atoms with Crippen LogP contribution in [0.3, 0.4) is 0 Å². The van der Waals surface area contributed by atoms with Gasteiger partial charge in [0.1, 0.15) is 0 Å². The Morgan fingerprint density at radius 1 is 1.43 bits per heavy atom. The van der Waals surface area contributed by atoms with Crippen LogP contribution in [0, 0.1) is 0 Å². The van der Waals surface area contributed by atoms with E-state index < -0.39 is 0 Å². The fourth-order valence-electron chi connectivity index (χ4n) is 1.10. The van der Waals surface area contributed by atoms with E-state index in [2.05, 4.69) is 12.2 Å². The number of nitrogens with one attached hydrogen (secondary N) is 1. The maximum Gasteiger partial charge on any atom is 0.314 e. The van der Waals surface area contributed by atoms with Crippen LogP contribution in [0.5, 0.6) is 0 Å². The molecule has 0 unspecified atom stereocenters. The van der Waals surface area contributed by atoms with E-state index in [0.29, 0.717) is 26.2 Å². The Morgan fingerprint density at radius 3 is 2.64 bits per heavy atom. The van der Waals surface area contributed by atoms with E-state index >= 15 is 0 Å². The fraction of sp³-hybridized carbons (Fsp3) is 0.889. The van der Waals surface area contributed by atoms with E-state index in [4.69, 9.17) is 10.8 Å². The number of hydrogen-bond donors (Lipinski definition) is 3. The van der Waals surface area contributed by atoms with Crippen molar-refractivity contribution in [3.05, 3.63) is 0 Å². The van der Waals surface area contributed by atoms with E-state index in [0.717, 1.165) is 12.8 Å². The highest BCUT2D eigenvalue weighted by Gasteiger charge is 2.07. The van der Waals surface area contributed by atoms with Gasteiger partial charge in [0, 0.05) is 26.2 Å². The number of nitrogens with zero attached hydrogens (tertiary/aromatic N) is 1. The summed E-state index contributed by atoms with van der Waals surface area (Å²) in [6.07, 6.45) is 2.02. The number of unbranched alkanes of at least 4 members (excludes halogenated alkanes) is 1. The summed E-state index contributed by atoms with van der Waals surface area (Å²) in [4.78, 5) is 12.6. The molecule has 0 heterocycles. The number of primary amides is 1. The number of urea groups is 1. The summed E-state index contributed by atoms with van der Waals surface area (Å²) < 4.78 is 0. The largest absolute Gasteiger partial charge is 0.395 e. The molecule has 0 saturated heterocycles. The highest BCUT2D eigenvalue weighted by Crippen LogP contribution is 1.93. The molecule has 0 fully saturated rings. The van der Waals surface area contributed by atoms with Crippen molar-refractivity contribution in [1.82, 2.24) is 10.2 Å². The Hall–Kier alpha value is -0.810. The number of amides is 2. The standard InChI is InChI=1S/C9H21N3O2/c1-2-3-6-12(9(10)14)7-4-11-5-8-13/h11,13H,2-8H2,1H3,(H2,10,14). The van der Waals surface area contributed by atoms with Gasteiger partial charge in [-0.1, -0.05) is 13.3 Å². The Bertz CT molecular complexity index is 153. The van der Waals surface area contributed by atoms with Crippen molar-refractivity contribution in [1.29, 1.82) is 0 Å². The number of carbonyl (C=O) groups is 1. The monoisotopic (exact) mass is 203 g/mol. The number of carbonyl (C=O) groups excluding carboxylic acids is 1. The van der Waals surface area contributed by atoms with Gasteiger partial charge < -0.3 is 21.1 Å². The van der Waals surface area contributed by atoms with Gasteiger partial charge >= 0.3 is 6.03 Å². The van der Waals surface area contributed by atoms with Gasteiger partial charge in [-0.15, -0.1) is 0 Å². The van der Waals surface area contributed by atoms with E-state index in [1.165, 1.54) is 0 Å². The van der Waals surface area contributed by atoms with Gasteiger partial charge in [-0.25, -0.2) is 4.79 Å². The first-order chi connectivity index (χ1) is 6.72. The maximum atomic E-state index is 10.9. The minimum atomic E-state index is -0.371. The second kappa shape index (κ2) is 8.77. The summed E-state index contributed by atoms with van der Waals surface area (Å²) >= 11 is 0. The van der Waals surface area contributed by atoms with E-state index in [-0.39, 0.29) is 12.6 Å². The summed E-state index contributed by atoms with van der Waals surface area (Å²) in [6.45, 7) is 4.74. The number of hydrogen-bond acceptors (Lipinski definition) is 3. The van der Waals surface area contributed by atoms with Crippen LogP contribution >= 0.6 is 0 Å². The van der Waals surface area contributed by atoms with Crippen LogP contribution in [0.4, 0.5) is 4.79 Å². The topological polar surface area (TPSA) is 78.6 Å². The molecule has 0 aromatic carbocycles. The Morgan fingerprint density at radius 2 is 2.14 bits per heavy atom. The maximum absolute atomic E-state index is 10.9. The van der Waals surface area contributed by atoms with Gasteiger partial charge in [0.05, 0.1) is 6.61 Å². The minimum absolute atomic E-state index is 0.117. The van der Waals surface area contributed by atoms with Crippen LogP contribution in [-0.2, 0) is 0 Å². The van der Waals surface area contributed by atoms with Crippen LogP contribution in [0.1, 0.15) is 19.8 Å². The normalized spacial score (nSPS) is 10.1. The van der Waals surface area contributed by atoms with Gasteiger partial charge in [0.2, 0.25) is 0 Å². The third kappa shape index (κ3) is 6.68. The highest BCUT2D eigenvalue weighted by molar-refractivity contribution is 5.71. The highest BCUT2D eigenvalue weighted by atomic mass is 16.3. The van der Waals surface area contributed by atoms with Gasteiger partial charge in [-0.3, -0.25) is 0 Å². The lowest BCUT2D eigenvalue weighted by Crippen LogP contribution is -2.41. The zero-order valence-corrected chi connectivity index (χ0v) is 8.83. The molecule has 0 aliphatic rings. The first-order valence-corrected chi connectivity index (χ1v) is 5.08. The number of aliphatic hydroxyl groups is 1. The molecule has 0 saturated carbocycles. The quantitative estimate of drug-likeness (QED) is 0.476. The van der Waals surface area contributed by atoms with Crippen molar-refractivity contribution >= 4 is 6.03 Å². The Labute approximate surface area is 85.3 Å². The van der Waals surface area contributed by atoms with E-state index in [1.54, 1.807) is 4.90 Å². The second-order valence-electron chi connectivity index (χ2n) is 3.15. The lowest BCUT2D eigenvalue weighted by Gasteiger charge is -2.20. The zero-order chi connectivity index (χ0) is 10.8. The van der Waals surface area contributed by atoms with Gasteiger partial charge in [0.25, 0.3) is 0 Å². The first kappa shape index (κ1) is 13.2. The van der Waals surface area contributed by atoms with E-state index in [1.807, 2.05) is 0 Å². The molecule has 0 spiro atoms. The van der Waals surface area contributed by atoms with Crippen LogP contribution in [-0.4, -0.2) is 48.8 Å². The molecule has 0 aliphatic heterocycles. The molecule has 2 amide bonds. The molecule has 0 rings (SSSR count). The predicted molar refractivity (Wildman–Crippen MR) is 56.0 cm³/mol. The lowest BCUT2D eigenvalue weighted by molar-refractivity contribution is 0.206. The Kier molecular flexibility index (Phi) is 8.27. The molecule has 0 aliphatic carbocycles. The van der Waals surface area contributed by atoms with Gasteiger partial charge in [-0.05, 0) is 6.42 Å². The van der Waals surface area contributed by atoms with Crippen LogP contribution in [0.25, 0.3) is 0 Å². The van der Waals surface area contributed by atoms with Crippen molar-refractivity contribution in [2.75, 3.05) is 32.8 Å².